The van der Waals surface area contributed by atoms with Crippen molar-refractivity contribution in [2.75, 3.05) is 6.54 Å². The van der Waals surface area contributed by atoms with Crippen molar-refractivity contribution in [1.29, 1.82) is 0 Å². The van der Waals surface area contributed by atoms with Crippen LogP contribution in [0.15, 0.2) is 6.20 Å². The molecule has 1 aliphatic carbocycles. The average molecular weight is 296 g/mol. The first-order valence-electron chi connectivity index (χ1n) is 7.23. The molecule has 0 saturated heterocycles. The quantitative estimate of drug-likeness (QED) is 0.835. The summed E-state index contributed by atoms with van der Waals surface area (Å²) in [5.74, 6) is 1.40. The van der Waals surface area contributed by atoms with E-state index in [4.69, 9.17) is 11.6 Å². The number of rotatable bonds is 5. The third kappa shape index (κ3) is 3.48. The second kappa shape index (κ2) is 6.08. The van der Waals surface area contributed by atoms with Crippen molar-refractivity contribution in [3.63, 3.8) is 0 Å². The molecule has 2 rings (SSSR count). The molecule has 0 N–H and O–H groups in total. The largest absolute Gasteiger partial charge is 0.335 e. The maximum absolute atomic E-state index is 12.7. The van der Waals surface area contributed by atoms with Gasteiger partial charge in [-0.3, -0.25) is 4.79 Å². The predicted molar refractivity (Wildman–Crippen MR) is 80.0 cm³/mol. The van der Waals surface area contributed by atoms with Gasteiger partial charge in [0.2, 0.25) is 0 Å². The Morgan fingerprint density at radius 3 is 2.55 bits per heavy atom. The highest BCUT2D eigenvalue weighted by atomic mass is 35.5. The van der Waals surface area contributed by atoms with Crippen LogP contribution in [0.5, 0.6) is 0 Å². The molecule has 1 aromatic heterocycles. The number of carbonyl (C=O) groups excluding carboxylic acids is 1. The van der Waals surface area contributed by atoms with Crippen LogP contribution in [-0.4, -0.2) is 33.4 Å². The summed E-state index contributed by atoms with van der Waals surface area (Å²) in [4.78, 5) is 23.1. The summed E-state index contributed by atoms with van der Waals surface area (Å²) < 4.78 is 0. The Hall–Kier alpha value is -1.16. The van der Waals surface area contributed by atoms with Gasteiger partial charge in [-0.2, -0.15) is 0 Å². The molecule has 5 heteroatoms. The monoisotopic (exact) mass is 295 g/mol. The lowest BCUT2D eigenvalue weighted by molar-refractivity contribution is 0.0689. The Kier molecular flexibility index (Phi) is 4.63. The summed E-state index contributed by atoms with van der Waals surface area (Å²) >= 11 is 6.12. The van der Waals surface area contributed by atoms with E-state index in [0.29, 0.717) is 22.5 Å². The Morgan fingerprint density at radius 1 is 1.40 bits per heavy atom. The molecular weight excluding hydrogens is 274 g/mol. The summed E-state index contributed by atoms with van der Waals surface area (Å²) in [6.45, 7) is 8.86. The molecule has 1 saturated carbocycles. The molecular formula is C15H22ClN3O. The minimum atomic E-state index is -0.0822. The van der Waals surface area contributed by atoms with Crippen molar-refractivity contribution < 1.29 is 4.79 Å². The molecule has 1 aliphatic rings. The predicted octanol–water partition coefficient (Wildman–Crippen LogP) is 3.51. The van der Waals surface area contributed by atoms with Crippen LogP contribution < -0.4 is 0 Å². The normalized spacial score (nSPS) is 14.9. The van der Waals surface area contributed by atoms with Crippen LogP contribution in [0.2, 0.25) is 5.02 Å². The van der Waals surface area contributed by atoms with E-state index in [9.17, 15) is 4.79 Å². The van der Waals surface area contributed by atoms with E-state index in [1.165, 1.54) is 19.0 Å². The van der Waals surface area contributed by atoms with Gasteiger partial charge >= 0.3 is 0 Å². The van der Waals surface area contributed by atoms with E-state index in [-0.39, 0.29) is 17.9 Å². The molecule has 0 aromatic carbocycles. The van der Waals surface area contributed by atoms with Gasteiger partial charge in [0.05, 0.1) is 11.2 Å². The van der Waals surface area contributed by atoms with Gasteiger partial charge in [0.25, 0.3) is 5.91 Å². The standard InChI is InChI=1S/C15H22ClN3O/c1-9(2)14-17-7-12(16)13(18-14)15(20)19(10(3)4)8-11-5-6-11/h7,9-11H,5-6,8H2,1-4H3. The van der Waals surface area contributed by atoms with E-state index in [2.05, 4.69) is 9.97 Å². The number of hydrogen-bond acceptors (Lipinski definition) is 3. The zero-order chi connectivity index (χ0) is 14.9. The second-order valence-electron chi connectivity index (χ2n) is 6.07. The third-order valence-corrected chi connectivity index (χ3v) is 3.79. The molecule has 1 aromatic rings. The van der Waals surface area contributed by atoms with Crippen molar-refractivity contribution in [2.45, 2.75) is 52.5 Å². The number of aromatic nitrogens is 2. The molecule has 0 radical (unpaired) electrons. The molecule has 0 spiro atoms. The van der Waals surface area contributed by atoms with E-state index in [0.717, 1.165) is 6.54 Å². The molecule has 20 heavy (non-hydrogen) atoms. The number of amides is 1. The molecule has 1 fully saturated rings. The zero-order valence-electron chi connectivity index (χ0n) is 12.6. The Labute approximate surface area is 125 Å². The average Bonchev–Trinajstić information content (AvgIpc) is 3.19. The van der Waals surface area contributed by atoms with Crippen LogP contribution in [0.25, 0.3) is 0 Å². The van der Waals surface area contributed by atoms with Crippen molar-refractivity contribution >= 4 is 17.5 Å². The fourth-order valence-corrected chi connectivity index (χ4v) is 2.22. The first-order valence-corrected chi connectivity index (χ1v) is 7.61. The minimum Gasteiger partial charge on any atom is -0.335 e. The third-order valence-electron chi connectivity index (χ3n) is 3.52. The summed E-state index contributed by atoms with van der Waals surface area (Å²) in [7, 11) is 0. The van der Waals surface area contributed by atoms with E-state index in [1.807, 2.05) is 32.6 Å². The highest BCUT2D eigenvalue weighted by Crippen LogP contribution is 2.31. The van der Waals surface area contributed by atoms with Gasteiger partial charge in [-0.25, -0.2) is 9.97 Å². The van der Waals surface area contributed by atoms with Crippen LogP contribution in [-0.2, 0) is 0 Å². The van der Waals surface area contributed by atoms with Gasteiger partial charge in [-0.1, -0.05) is 25.4 Å². The fraction of sp³-hybridized carbons (Fsp3) is 0.667. The van der Waals surface area contributed by atoms with Gasteiger partial charge in [0.1, 0.15) is 5.82 Å². The van der Waals surface area contributed by atoms with Crippen molar-refractivity contribution in [3.8, 4) is 0 Å². The molecule has 1 amide bonds. The second-order valence-corrected chi connectivity index (χ2v) is 6.48. The lowest BCUT2D eigenvalue weighted by atomic mass is 10.2. The van der Waals surface area contributed by atoms with Crippen LogP contribution in [0, 0.1) is 5.92 Å². The molecule has 0 bridgehead atoms. The fourth-order valence-electron chi connectivity index (χ4n) is 2.05. The van der Waals surface area contributed by atoms with E-state index in [1.54, 1.807) is 0 Å². The van der Waals surface area contributed by atoms with Crippen LogP contribution in [0.3, 0.4) is 0 Å². The van der Waals surface area contributed by atoms with Crippen molar-refractivity contribution in [2.24, 2.45) is 5.92 Å². The number of hydrogen-bond donors (Lipinski definition) is 0. The smallest absolute Gasteiger partial charge is 0.274 e. The van der Waals surface area contributed by atoms with Gasteiger partial charge in [-0.05, 0) is 32.6 Å². The summed E-state index contributed by atoms with van der Waals surface area (Å²) in [5.41, 5.74) is 0.333. The van der Waals surface area contributed by atoms with Crippen molar-refractivity contribution in [3.05, 3.63) is 22.7 Å². The van der Waals surface area contributed by atoms with Gasteiger partial charge in [0.15, 0.2) is 5.69 Å². The molecule has 0 unspecified atom stereocenters. The first-order chi connectivity index (χ1) is 9.40. The van der Waals surface area contributed by atoms with Gasteiger partial charge in [0, 0.05) is 18.5 Å². The molecule has 1 heterocycles. The SMILES string of the molecule is CC(C)c1ncc(Cl)c(C(=O)N(CC2CC2)C(C)C)n1. The van der Waals surface area contributed by atoms with Crippen LogP contribution in [0.4, 0.5) is 0 Å². The van der Waals surface area contributed by atoms with Crippen molar-refractivity contribution in [1.82, 2.24) is 14.9 Å². The molecule has 4 nitrogen and oxygen atoms in total. The molecule has 0 atom stereocenters. The minimum absolute atomic E-state index is 0.0822. The maximum atomic E-state index is 12.7. The van der Waals surface area contributed by atoms with E-state index < -0.39 is 0 Å². The Morgan fingerprint density at radius 2 is 2.05 bits per heavy atom. The highest BCUT2D eigenvalue weighted by molar-refractivity contribution is 6.33. The van der Waals surface area contributed by atoms with E-state index >= 15 is 0 Å². The Balaban J connectivity index is 2.27. The van der Waals surface area contributed by atoms with Gasteiger partial charge < -0.3 is 4.90 Å². The number of nitrogens with zero attached hydrogens (tertiary/aromatic N) is 3. The highest BCUT2D eigenvalue weighted by Gasteiger charge is 2.30. The number of carbonyl (C=O) groups is 1. The lowest BCUT2D eigenvalue weighted by Gasteiger charge is -2.27. The topological polar surface area (TPSA) is 46.1 Å². The maximum Gasteiger partial charge on any atom is 0.274 e. The zero-order valence-corrected chi connectivity index (χ0v) is 13.3. The summed E-state index contributed by atoms with van der Waals surface area (Å²) in [6, 6.07) is 0.150. The molecule has 110 valence electrons. The van der Waals surface area contributed by atoms with Gasteiger partial charge in [-0.15, -0.1) is 0 Å². The first kappa shape index (κ1) is 15.2. The molecule has 0 aliphatic heterocycles. The number of halogens is 1. The van der Waals surface area contributed by atoms with Crippen LogP contribution in [0.1, 0.15) is 62.8 Å². The summed E-state index contributed by atoms with van der Waals surface area (Å²) in [5, 5.41) is 0.334. The lowest BCUT2D eigenvalue weighted by Crippen LogP contribution is -2.39. The van der Waals surface area contributed by atoms with Crippen LogP contribution >= 0.6 is 11.6 Å². The summed E-state index contributed by atoms with van der Waals surface area (Å²) in [6.07, 6.45) is 3.96. The Bertz CT molecular complexity index is 498.